The molecule has 3 aromatic carbocycles. The van der Waals surface area contributed by atoms with Gasteiger partial charge in [-0.25, -0.2) is 0 Å². The summed E-state index contributed by atoms with van der Waals surface area (Å²) in [6, 6.07) is 34.1. The predicted molar refractivity (Wildman–Crippen MR) is 120 cm³/mol. The van der Waals surface area contributed by atoms with E-state index in [4.69, 9.17) is 5.73 Å². The molecule has 0 unspecified atom stereocenters. The van der Waals surface area contributed by atoms with Crippen molar-refractivity contribution in [1.29, 1.82) is 0 Å². The van der Waals surface area contributed by atoms with Crippen LogP contribution >= 0.6 is 7.26 Å². The average Bonchev–Trinajstić information content (AvgIpc) is 2.75. The lowest BCUT2D eigenvalue weighted by Crippen LogP contribution is -2.37. The van der Waals surface area contributed by atoms with Gasteiger partial charge in [0, 0.05) is 6.04 Å². The monoisotopic (exact) mass is 374 g/mol. The van der Waals surface area contributed by atoms with Crippen molar-refractivity contribution in [2.45, 2.75) is 31.7 Å². The molecule has 138 valence electrons. The van der Waals surface area contributed by atoms with Crippen LogP contribution in [0.4, 0.5) is 0 Å². The summed E-state index contributed by atoms with van der Waals surface area (Å²) in [7, 11) is -1.68. The Balaban J connectivity index is 1.86. The zero-order valence-electron chi connectivity index (χ0n) is 15.9. The van der Waals surface area contributed by atoms with E-state index in [9.17, 15) is 0 Å². The fraction of sp³-hybridized carbons (Fsp3) is 0.280. The molecule has 4 rings (SSSR count). The molecule has 0 aromatic heterocycles. The lowest BCUT2D eigenvalue weighted by Gasteiger charge is -2.33. The van der Waals surface area contributed by atoms with Crippen LogP contribution in [0, 0.1) is 5.92 Å². The molecule has 1 nitrogen and oxygen atoms in total. The van der Waals surface area contributed by atoms with Crippen LogP contribution in [0.1, 0.15) is 25.7 Å². The van der Waals surface area contributed by atoms with Gasteiger partial charge in [-0.1, -0.05) is 54.6 Å². The van der Waals surface area contributed by atoms with E-state index in [0.29, 0.717) is 6.04 Å². The van der Waals surface area contributed by atoms with E-state index in [1.54, 1.807) is 0 Å². The first-order valence-corrected chi connectivity index (χ1v) is 12.1. The summed E-state index contributed by atoms with van der Waals surface area (Å²) in [6.45, 7) is 0. The van der Waals surface area contributed by atoms with Crippen LogP contribution in [0.2, 0.25) is 0 Å². The Morgan fingerprint density at radius 3 is 1.33 bits per heavy atom. The molecule has 0 atom stereocenters. The lowest BCUT2D eigenvalue weighted by atomic mass is 9.88. The van der Waals surface area contributed by atoms with Crippen LogP contribution in [0.15, 0.2) is 91.0 Å². The van der Waals surface area contributed by atoms with Gasteiger partial charge in [0.25, 0.3) is 0 Å². The molecule has 0 heterocycles. The predicted octanol–water partition coefficient (Wildman–Crippen LogP) is 4.50. The summed E-state index contributed by atoms with van der Waals surface area (Å²) in [5, 5.41) is 4.49. The van der Waals surface area contributed by atoms with Crippen molar-refractivity contribution >= 4 is 23.2 Å². The van der Waals surface area contributed by atoms with Gasteiger partial charge in [0.15, 0.2) is 0 Å². The number of hydrogen-bond acceptors (Lipinski definition) is 1. The van der Waals surface area contributed by atoms with Crippen molar-refractivity contribution in [1.82, 2.24) is 0 Å². The smallest absolute Gasteiger partial charge is 0.112 e. The average molecular weight is 374 g/mol. The van der Waals surface area contributed by atoms with Gasteiger partial charge in [0.2, 0.25) is 0 Å². The van der Waals surface area contributed by atoms with Crippen molar-refractivity contribution < 1.29 is 0 Å². The van der Waals surface area contributed by atoms with E-state index in [-0.39, 0.29) is 0 Å². The highest BCUT2D eigenvalue weighted by molar-refractivity contribution is 7.95. The van der Waals surface area contributed by atoms with Crippen LogP contribution in [0.3, 0.4) is 0 Å². The van der Waals surface area contributed by atoms with Gasteiger partial charge >= 0.3 is 0 Å². The van der Waals surface area contributed by atoms with Gasteiger partial charge in [-0.2, -0.15) is 0 Å². The Labute approximate surface area is 164 Å². The highest BCUT2D eigenvalue weighted by Gasteiger charge is 2.47. The molecular formula is C25H29NP+. The summed E-state index contributed by atoms with van der Waals surface area (Å²) in [6.07, 6.45) is 6.11. The van der Waals surface area contributed by atoms with Crippen molar-refractivity contribution in [3.05, 3.63) is 91.0 Å². The Kier molecular flexibility index (Phi) is 5.72. The van der Waals surface area contributed by atoms with Crippen LogP contribution < -0.4 is 21.6 Å². The minimum Gasteiger partial charge on any atom is -0.328 e. The van der Waals surface area contributed by atoms with Crippen LogP contribution in [-0.2, 0) is 0 Å². The zero-order valence-corrected chi connectivity index (χ0v) is 16.8. The number of rotatable bonds is 5. The van der Waals surface area contributed by atoms with Crippen molar-refractivity contribution in [2.75, 3.05) is 6.16 Å². The second kappa shape index (κ2) is 8.38. The molecule has 0 saturated heterocycles. The number of hydrogen-bond donors (Lipinski definition) is 1. The topological polar surface area (TPSA) is 26.0 Å². The second-order valence-electron chi connectivity index (χ2n) is 7.78. The third-order valence-electron chi connectivity index (χ3n) is 6.01. The molecule has 2 heteroatoms. The number of nitrogens with two attached hydrogens (primary N) is 1. The van der Waals surface area contributed by atoms with E-state index in [0.717, 1.165) is 5.92 Å². The van der Waals surface area contributed by atoms with E-state index < -0.39 is 7.26 Å². The van der Waals surface area contributed by atoms with E-state index in [1.807, 2.05) is 0 Å². The summed E-state index contributed by atoms with van der Waals surface area (Å²) in [5.41, 5.74) is 6.20. The summed E-state index contributed by atoms with van der Waals surface area (Å²) in [4.78, 5) is 0. The molecule has 1 saturated carbocycles. The van der Waals surface area contributed by atoms with Gasteiger partial charge in [-0.05, 0) is 68.0 Å². The van der Waals surface area contributed by atoms with Gasteiger partial charge in [-0.3, -0.25) is 0 Å². The molecule has 27 heavy (non-hydrogen) atoms. The molecular weight excluding hydrogens is 345 g/mol. The first-order chi connectivity index (χ1) is 13.3. The molecule has 0 aliphatic heterocycles. The second-order valence-corrected chi connectivity index (χ2v) is 11.3. The van der Waals surface area contributed by atoms with E-state index in [1.165, 1.54) is 47.8 Å². The molecule has 0 bridgehead atoms. The highest BCUT2D eigenvalue weighted by Crippen LogP contribution is 2.57. The molecule has 2 N–H and O–H groups in total. The van der Waals surface area contributed by atoms with E-state index >= 15 is 0 Å². The zero-order chi connectivity index (χ0) is 18.5. The maximum atomic E-state index is 6.20. The normalized spacial score (nSPS) is 20.3. The third kappa shape index (κ3) is 3.86. The van der Waals surface area contributed by atoms with Crippen LogP contribution in [0.5, 0.6) is 0 Å². The fourth-order valence-electron chi connectivity index (χ4n) is 4.57. The van der Waals surface area contributed by atoms with Gasteiger partial charge in [0.05, 0.1) is 6.16 Å². The Morgan fingerprint density at radius 1 is 0.593 bits per heavy atom. The van der Waals surface area contributed by atoms with Crippen LogP contribution in [-0.4, -0.2) is 12.2 Å². The SMILES string of the molecule is NC1CCC(C[P+](c2ccccc2)(c2ccccc2)c2ccccc2)CC1. The molecule has 1 fully saturated rings. The maximum Gasteiger partial charge on any atom is 0.112 e. The van der Waals surface area contributed by atoms with Gasteiger partial charge < -0.3 is 5.73 Å². The molecule has 0 amide bonds. The lowest BCUT2D eigenvalue weighted by molar-refractivity contribution is 0.351. The third-order valence-corrected chi connectivity index (χ3v) is 10.6. The first-order valence-electron chi connectivity index (χ1n) is 10.1. The fourth-order valence-corrected chi connectivity index (χ4v) is 9.28. The van der Waals surface area contributed by atoms with Crippen LogP contribution in [0.25, 0.3) is 0 Å². The molecule has 1 aliphatic carbocycles. The molecule has 3 aromatic rings. The van der Waals surface area contributed by atoms with Crippen molar-refractivity contribution in [2.24, 2.45) is 11.7 Å². The maximum absolute atomic E-state index is 6.20. The largest absolute Gasteiger partial charge is 0.328 e. The Morgan fingerprint density at radius 2 is 0.963 bits per heavy atom. The summed E-state index contributed by atoms with van der Waals surface area (Å²) >= 11 is 0. The summed E-state index contributed by atoms with van der Waals surface area (Å²) < 4.78 is 0. The number of benzene rings is 3. The van der Waals surface area contributed by atoms with Gasteiger partial charge in [0.1, 0.15) is 23.2 Å². The van der Waals surface area contributed by atoms with Crippen molar-refractivity contribution in [3.8, 4) is 0 Å². The van der Waals surface area contributed by atoms with Gasteiger partial charge in [-0.15, -0.1) is 0 Å². The minimum absolute atomic E-state index is 0.402. The molecule has 1 aliphatic rings. The van der Waals surface area contributed by atoms with E-state index in [2.05, 4.69) is 91.0 Å². The quantitative estimate of drug-likeness (QED) is 0.654. The van der Waals surface area contributed by atoms with Crippen molar-refractivity contribution in [3.63, 3.8) is 0 Å². The Hall–Kier alpha value is -1.95. The summed E-state index contributed by atoms with van der Waals surface area (Å²) in [5.74, 6) is 0.749. The Bertz CT molecular complexity index is 727. The molecule has 0 spiro atoms. The standard InChI is InChI=1S/C25H29NP/c26-22-18-16-21(17-19-22)20-27(23-10-4-1-5-11-23,24-12-6-2-7-13-24)25-14-8-3-9-15-25/h1-15,21-22H,16-20,26H2/q+1. The highest BCUT2D eigenvalue weighted by atomic mass is 31.2. The molecule has 0 radical (unpaired) electrons. The first kappa shape index (κ1) is 18.4. The minimum atomic E-state index is -1.68.